The van der Waals surface area contributed by atoms with Gasteiger partial charge in [-0.15, -0.1) is 11.6 Å². The van der Waals surface area contributed by atoms with Crippen LogP contribution in [0.15, 0.2) is 29.2 Å². The Morgan fingerprint density at radius 3 is 2.29 bits per heavy atom. The highest BCUT2D eigenvalue weighted by Crippen LogP contribution is 2.56. The Hall–Kier alpha value is -0.640. The predicted molar refractivity (Wildman–Crippen MR) is 76.4 cm³/mol. The van der Waals surface area contributed by atoms with Gasteiger partial charge in [-0.2, -0.15) is 21.6 Å². The molecule has 4 nitrogen and oxygen atoms in total. The monoisotopic (exact) mass is 366 g/mol. The maximum Gasteiger partial charge on any atom is 0.523 e. The first-order chi connectivity index (χ1) is 9.51. The van der Waals surface area contributed by atoms with Crippen LogP contribution in [-0.2, 0) is 13.7 Å². The molecule has 0 aliphatic carbocycles. The van der Waals surface area contributed by atoms with Crippen molar-refractivity contribution in [3.8, 4) is 5.75 Å². The second-order valence-corrected chi connectivity index (χ2v) is 9.38. The van der Waals surface area contributed by atoms with E-state index in [9.17, 15) is 21.6 Å². The Bertz CT molecular complexity index is 587. The number of halogens is 4. The average Bonchev–Trinajstić information content (AvgIpc) is 2.34. The molecule has 122 valence electrons. The Morgan fingerprint density at radius 2 is 1.76 bits per heavy atom. The van der Waals surface area contributed by atoms with Crippen molar-refractivity contribution in [3.63, 3.8) is 0 Å². The number of benzene rings is 1. The summed E-state index contributed by atoms with van der Waals surface area (Å²) < 4.78 is 69.4. The minimum absolute atomic E-state index is 0.139. The van der Waals surface area contributed by atoms with Crippen LogP contribution < -0.4 is 4.74 Å². The highest BCUT2D eigenvalue weighted by Gasteiger charge is 2.50. The molecule has 0 amide bonds. The average molecular weight is 367 g/mol. The summed E-state index contributed by atoms with van der Waals surface area (Å²) in [5, 5.41) is 0. The van der Waals surface area contributed by atoms with Crippen molar-refractivity contribution in [2.24, 2.45) is 0 Å². The van der Waals surface area contributed by atoms with Crippen molar-refractivity contribution < 1.29 is 30.0 Å². The molecule has 0 fully saturated rings. The molecule has 0 spiro atoms. The molecular formula is C11H14ClF3O4S2. The Balaban J connectivity index is 3.14. The third-order valence-electron chi connectivity index (χ3n) is 2.26. The molecule has 1 aromatic rings. The molecule has 0 saturated carbocycles. The first-order valence-corrected chi connectivity index (χ1v) is 9.86. The lowest BCUT2D eigenvalue weighted by atomic mass is 10.3. The molecule has 1 aromatic carbocycles. The minimum Gasteiger partial charge on any atom is -0.491 e. The molecule has 0 aliphatic rings. The van der Waals surface area contributed by atoms with Crippen LogP contribution in [0.2, 0.25) is 0 Å². The number of rotatable bonds is 6. The summed E-state index contributed by atoms with van der Waals surface area (Å²) in [4.78, 5) is 0.253. The summed E-state index contributed by atoms with van der Waals surface area (Å²) in [6.45, 7) is 0.139. The van der Waals surface area contributed by atoms with E-state index >= 15 is 0 Å². The van der Waals surface area contributed by atoms with Gasteiger partial charge in [-0.25, -0.2) is 3.63 Å². The number of alkyl halides is 4. The Morgan fingerprint density at radius 1 is 1.19 bits per heavy atom. The van der Waals surface area contributed by atoms with Crippen LogP contribution in [0.25, 0.3) is 0 Å². The zero-order valence-corrected chi connectivity index (χ0v) is 13.6. The van der Waals surface area contributed by atoms with Crippen LogP contribution in [0.1, 0.15) is 0 Å². The van der Waals surface area contributed by atoms with E-state index in [1.54, 1.807) is 12.1 Å². The summed E-state index contributed by atoms with van der Waals surface area (Å²) in [6, 6.07) is 6.15. The van der Waals surface area contributed by atoms with E-state index in [1.165, 1.54) is 24.6 Å². The molecule has 21 heavy (non-hydrogen) atoms. The quantitative estimate of drug-likeness (QED) is 0.571. The molecule has 0 unspecified atom stereocenters. The van der Waals surface area contributed by atoms with E-state index in [2.05, 4.69) is 3.63 Å². The predicted octanol–water partition coefficient (Wildman–Crippen LogP) is 3.51. The van der Waals surface area contributed by atoms with E-state index in [-0.39, 0.29) is 23.1 Å². The zero-order valence-electron chi connectivity index (χ0n) is 11.2. The second kappa shape index (κ2) is 6.64. The summed E-state index contributed by atoms with van der Waals surface area (Å²) in [6.07, 6.45) is 2.58. The molecule has 0 atom stereocenters. The fourth-order valence-corrected chi connectivity index (χ4v) is 4.91. The lowest BCUT2D eigenvalue weighted by molar-refractivity contribution is -0.0496. The van der Waals surface area contributed by atoms with Gasteiger partial charge >= 0.3 is 15.6 Å². The van der Waals surface area contributed by atoms with Crippen LogP contribution >= 0.6 is 21.9 Å². The SMILES string of the molecule is CS(C)(OS(=O)(=O)C(F)(F)F)c1ccccc1OCCCl. The molecule has 0 bridgehead atoms. The van der Waals surface area contributed by atoms with E-state index in [4.69, 9.17) is 16.3 Å². The maximum atomic E-state index is 12.4. The molecular weight excluding hydrogens is 353 g/mol. The lowest BCUT2D eigenvalue weighted by Crippen LogP contribution is -2.26. The smallest absolute Gasteiger partial charge is 0.491 e. The van der Waals surface area contributed by atoms with Gasteiger partial charge in [0.05, 0.1) is 10.8 Å². The van der Waals surface area contributed by atoms with Crippen molar-refractivity contribution in [1.29, 1.82) is 0 Å². The second-order valence-electron chi connectivity index (χ2n) is 4.19. The van der Waals surface area contributed by atoms with E-state index in [1.807, 2.05) is 0 Å². The molecule has 0 aromatic heterocycles. The van der Waals surface area contributed by atoms with Gasteiger partial charge < -0.3 is 4.74 Å². The minimum atomic E-state index is -5.69. The van der Waals surface area contributed by atoms with Gasteiger partial charge in [0.2, 0.25) is 0 Å². The largest absolute Gasteiger partial charge is 0.523 e. The van der Waals surface area contributed by atoms with Gasteiger partial charge in [-0.05, 0) is 24.6 Å². The summed E-state index contributed by atoms with van der Waals surface area (Å²) in [5.41, 5.74) is -5.47. The summed E-state index contributed by atoms with van der Waals surface area (Å²) >= 11 is 5.49. The molecule has 0 N–H and O–H groups in total. The first-order valence-electron chi connectivity index (χ1n) is 5.55. The van der Waals surface area contributed by atoms with Gasteiger partial charge in [0.1, 0.15) is 12.4 Å². The Labute approximate surface area is 127 Å². The van der Waals surface area contributed by atoms with Crippen molar-refractivity contribution in [2.45, 2.75) is 10.4 Å². The van der Waals surface area contributed by atoms with Gasteiger partial charge in [-0.3, -0.25) is 0 Å². The van der Waals surface area contributed by atoms with Gasteiger partial charge in [0, 0.05) is 0 Å². The van der Waals surface area contributed by atoms with E-state index < -0.39 is 25.9 Å². The highest BCUT2D eigenvalue weighted by molar-refractivity contribution is 8.32. The summed E-state index contributed by atoms with van der Waals surface area (Å²) in [7, 11) is -8.42. The van der Waals surface area contributed by atoms with Crippen molar-refractivity contribution in [1.82, 2.24) is 0 Å². The van der Waals surface area contributed by atoms with Crippen molar-refractivity contribution in [2.75, 3.05) is 25.0 Å². The molecule has 0 aliphatic heterocycles. The normalized spacial score (nSPS) is 14.0. The van der Waals surface area contributed by atoms with Gasteiger partial charge in [-0.1, -0.05) is 22.4 Å². The van der Waals surface area contributed by atoms with Crippen molar-refractivity contribution >= 4 is 32.0 Å². The zero-order chi connectivity index (χ0) is 16.3. The fraction of sp³-hybridized carbons (Fsp3) is 0.455. The first kappa shape index (κ1) is 18.4. The molecule has 0 radical (unpaired) electrons. The molecule has 10 heteroatoms. The van der Waals surface area contributed by atoms with E-state index in [0.717, 1.165) is 0 Å². The topological polar surface area (TPSA) is 52.6 Å². The van der Waals surface area contributed by atoms with E-state index in [0.29, 0.717) is 0 Å². The number of hydrogen-bond acceptors (Lipinski definition) is 4. The third kappa shape index (κ3) is 4.67. The fourth-order valence-electron chi connectivity index (χ4n) is 1.42. The molecule has 0 heterocycles. The molecule has 0 saturated heterocycles. The van der Waals surface area contributed by atoms with Crippen LogP contribution in [0.5, 0.6) is 5.75 Å². The van der Waals surface area contributed by atoms with Crippen LogP contribution in [-0.4, -0.2) is 38.9 Å². The third-order valence-corrected chi connectivity index (χ3v) is 6.45. The lowest BCUT2D eigenvalue weighted by Gasteiger charge is -2.31. The highest BCUT2D eigenvalue weighted by atomic mass is 35.5. The number of para-hydroxylation sites is 1. The summed E-state index contributed by atoms with van der Waals surface area (Å²) in [5.74, 6) is 0.432. The standard InChI is InChI=1S/C11H14ClF3O4S2/c1-20(2,19-21(16,17)11(13,14)15)10-6-4-3-5-9(10)18-8-7-12/h3-6H,7-8H2,1-2H3. The number of hydrogen-bond donors (Lipinski definition) is 0. The van der Waals surface area contributed by atoms with Gasteiger partial charge in [0.25, 0.3) is 0 Å². The molecule has 1 rings (SSSR count). The maximum absolute atomic E-state index is 12.4. The van der Waals surface area contributed by atoms with Crippen LogP contribution in [0, 0.1) is 0 Å². The van der Waals surface area contributed by atoms with Crippen LogP contribution in [0.3, 0.4) is 0 Å². The number of ether oxygens (including phenoxy) is 1. The van der Waals surface area contributed by atoms with Crippen LogP contribution in [0.4, 0.5) is 13.2 Å². The van der Waals surface area contributed by atoms with Crippen molar-refractivity contribution in [3.05, 3.63) is 24.3 Å². The Kier molecular flexibility index (Phi) is 5.82. The van der Waals surface area contributed by atoms with Gasteiger partial charge in [0.15, 0.2) is 0 Å².